The summed E-state index contributed by atoms with van der Waals surface area (Å²) in [7, 11) is 0. The second-order valence-corrected chi connectivity index (χ2v) is 12.1. The van der Waals surface area contributed by atoms with Gasteiger partial charge in [0.2, 0.25) is 10.9 Å². The quantitative estimate of drug-likeness (QED) is 0.147. The zero-order valence-electron chi connectivity index (χ0n) is 29.1. The number of rotatable bonds is 13. The molecule has 2 rings (SSSR count). The van der Waals surface area contributed by atoms with Crippen LogP contribution in [0.25, 0.3) is 0 Å². The number of carboxylic acids is 1. The summed E-state index contributed by atoms with van der Waals surface area (Å²) in [4.78, 5) is 71.5. The predicted molar refractivity (Wildman–Crippen MR) is 176 cm³/mol. The first-order chi connectivity index (χ1) is 22.3. The first kappa shape index (κ1) is 41.0. The molecule has 48 heavy (non-hydrogen) atoms. The van der Waals surface area contributed by atoms with Crippen LogP contribution in [-0.4, -0.2) is 69.6 Å². The summed E-state index contributed by atoms with van der Waals surface area (Å²) in [6.45, 7) is 16.3. The molecule has 0 atom stereocenters. The fourth-order valence-corrected chi connectivity index (χ4v) is 3.53. The minimum atomic E-state index is -1.40. The van der Waals surface area contributed by atoms with Gasteiger partial charge in [0.05, 0.1) is 19.8 Å². The average Bonchev–Trinajstić information content (AvgIpc) is 2.94. The van der Waals surface area contributed by atoms with E-state index in [-0.39, 0.29) is 37.0 Å². The number of nitrogens with one attached hydrogen (secondary N) is 2. The lowest BCUT2D eigenvalue weighted by atomic mass is 10.2. The van der Waals surface area contributed by atoms with E-state index in [9.17, 15) is 33.9 Å². The van der Waals surface area contributed by atoms with Crippen LogP contribution in [0.5, 0.6) is 11.5 Å². The van der Waals surface area contributed by atoms with Crippen LogP contribution in [-0.2, 0) is 14.2 Å². The Morgan fingerprint density at radius 2 is 1.10 bits per heavy atom. The second-order valence-electron chi connectivity index (χ2n) is 12.1. The van der Waals surface area contributed by atoms with Crippen molar-refractivity contribution in [3.05, 3.63) is 56.4 Å². The van der Waals surface area contributed by atoms with E-state index in [4.69, 9.17) is 23.7 Å². The maximum Gasteiger partial charge on any atom is 0.426 e. The molecule has 2 heterocycles. The highest BCUT2D eigenvalue weighted by molar-refractivity contribution is 5.92. The average molecular weight is 681 g/mol. The van der Waals surface area contributed by atoms with Crippen molar-refractivity contribution in [1.82, 2.24) is 9.35 Å². The van der Waals surface area contributed by atoms with E-state index >= 15 is 0 Å². The first-order valence-electron chi connectivity index (χ1n) is 15.5. The third-order valence-corrected chi connectivity index (χ3v) is 5.49. The standard InChI is InChI=1S/C17H26N2O6.C15H22N2O6/c1-6-8-11-24-14-12(20)9-10-19(13(14)15(21)23-7-2)18-16(22)25-17(3,4)5;1-5-6-9-22-12-10(18)7-8-17(11(12)13(19)20)16-14(21)23-15(2,3)4/h9-10H,6-8,11H2,1-5H3,(H,18,22);7-8H,5-6,9H2,1-4H3,(H,16,21)(H,19,20). The predicted octanol–water partition coefficient (Wildman–Crippen LogP) is 4.89. The molecular weight excluding hydrogens is 632 g/mol. The molecule has 0 aliphatic rings. The van der Waals surface area contributed by atoms with Crippen molar-refractivity contribution in [2.45, 2.75) is 99.2 Å². The second kappa shape index (κ2) is 19.0. The Kier molecular flexibility index (Phi) is 16.2. The maximum absolute atomic E-state index is 12.3. The summed E-state index contributed by atoms with van der Waals surface area (Å²) in [6, 6.07) is 2.31. The Balaban J connectivity index is 0.000000482. The van der Waals surface area contributed by atoms with Crippen LogP contribution in [0.2, 0.25) is 0 Å². The number of hydrogen-bond acceptors (Lipinski definition) is 11. The highest BCUT2D eigenvalue weighted by Crippen LogP contribution is 2.17. The Labute approximate surface area is 279 Å². The van der Waals surface area contributed by atoms with Crippen LogP contribution in [0, 0.1) is 0 Å². The van der Waals surface area contributed by atoms with Gasteiger partial charge in [0.15, 0.2) is 22.9 Å². The molecule has 0 radical (unpaired) electrons. The molecule has 2 aromatic heterocycles. The van der Waals surface area contributed by atoms with Crippen molar-refractivity contribution in [3.8, 4) is 11.5 Å². The summed E-state index contributed by atoms with van der Waals surface area (Å²) in [5.41, 5.74) is 1.52. The monoisotopic (exact) mass is 680 g/mol. The number of ether oxygens (including phenoxy) is 5. The van der Waals surface area contributed by atoms with Gasteiger partial charge < -0.3 is 28.8 Å². The molecule has 16 nitrogen and oxygen atoms in total. The van der Waals surface area contributed by atoms with Crippen molar-refractivity contribution in [1.29, 1.82) is 0 Å². The minimum Gasteiger partial charge on any atom is -0.487 e. The molecule has 0 unspecified atom stereocenters. The highest BCUT2D eigenvalue weighted by Gasteiger charge is 2.25. The summed E-state index contributed by atoms with van der Waals surface area (Å²) in [5, 5.41) is 9.34. The van der Waals surface area contributed by atoms with Gasteiger partial charge in [0.25, 0.3) is 0 Å². The SMILES string of the molecule is CCCCOc1c(C(=O)O)n(NC(=O)OC(C)(C)C)ccc1=O.CCCCOc1c(C(=O)OCC)n(NC(=O)OC(C)(C)C)ccc1=O. The van der Waals surface area contributed by atoms with Gasteiger partial charge in [0.1, 0.15) is 11.2 Å². The Hall–Kier alpha value is -5.02. The molecule has 268 valence electrons. The van der Waals surface area contributed by atoms with E-state index in [2.05, 4.69) is 10.9 Å². The van der Waals surface area contributed by atoms with Crippen molar-refractivity contribution in [2.75, 3.05) is 30.7 Å². The van der Waals surface area contributed by atoms with Crippen LogP contribution >= 0.6 is 0 Å². The van der Waals surface area contributed by atoms with Crippen molar-refractivity contribution < 1.29 is 48.0 Å². The third-order valence-electron chi connectivity index (χ3n) is 5.49. The van der Waals surface area contributed by atoms with Gasteiger partial charge in [-0.1, -0.05) is 26.7 Å². The lowest BCUT2D eigenvalue weighted by Gasteiger charge is -2.22. The topological polar surface area (TPSA) is 203 Å². The number of pyridine rings is 2. The molecule has 0 fully saturated rings. The number of hydrogen-bond donors (Lipinski definition) is 3. The number of carboxylic acid groups (broad SMARTS) is 1. The van der Waals surface area contributed by atoms with E-state index in [0.29, 0.717) is 6.42 Å². The van der Waals surface area contributed by atoms with Crippen molar-refractivity contribution >= 4 is 24.1 Å². The lowest BCUT2D eigenvalue weighted by Crippen LogP contribution is -2.35. The largest absolute Gasteiger partial charge is 0.487 e. The number of aromatic carboxylic acids is 1. The molecule has 2 aromatic rings. The first-order valence-corrected chi connectivity index (χ1v) is 15.5. The summed E-state index contributed by atoms with van der Waals surface area (Å²) >= 11 is 0. The maximum atomic E-state index is 12.3. The normalized spacial score (nSPS) is 10.9. The van der Waals surface area contributed by atoms with Crippen LogP contribution in [0.4, 0.5) is 9.59 Å². The summed E-state index contributed by atoms with van der Waals surface area (Å²) < 4.78 is 27.9. The number of amides is 2. The van der Waals surface area contributed by atoms with E-state index in [0.717, 1.165) is 40.9 Å². The molecule has 3 N–H and O–H groups in total. The number of carbonyl (C=O) groups excluding carboxylic acids is 3. The van der Waals surface area contributed by atoms with Gasteiger partial charge in [-0.3, -0.25) is 9.59 Å². The summed E-state index contributed by atoms with van der Waals surface area (Å²) in [6.07, 6.45) is 3.87. The Morgan fingerprint density at radius 3 is 1.46 bits per heavy atom. The fraction of sp³-hybridized carbons (Fsp3) is 0.562. The number of aromatic nitrogens is 2. The molecule has 16 heteroatoms. The smallest absolute Gasteiger partial charge is 0.426 e. The number of nitrogens with zero attached hydrogens (tertiary/aromatic N) is 2. The van der Waals surface area contributed by atoms with Crippen LogP contribution in [0.1, 0.15) is 109 Å². The molecule has 0 saturated heterocycles. The van der Waals surface area contributed by atoms with E-state index in [1.165, 1.54) is 12.3 Å². The molecule has 0 spiro atoms. The Bertz CT molecular complexity index is 1520. The summed E-state index contributed by atoms with van der Waals surface area (Å²) in [5.74, 6) is -2.65. The lowest BCUT2D eigenvalue weighted by molar-refractivity contribution is 0.0503. The molecule has 0 bridgehead atoms. The zero-order chi connectivity index (χ0) is 36.7. The van der Waals surface area contributed by atoms with Crippen molar-refractivity contribution in [3.63, 3.8) is 0 Å². The number of unbranched alkanes of at least 4 members (excludes halogenated alkanes) is 2. The third kappa shape index (κ3) is 14.2. The van der Waals surface area contributed by atoms with E-state index in [1.54, 1.807) is 48.5 Å². The molecular formula is C32H48N4O12. The number of esters is 1. The molecule has 2 amide bonds. The number of carbonyl (C=O) groups is 4. The highest BCUT2D eigenvalue weighted by atomic mass is 16.6. The van der Waals surface area contributed by atoms with Crippen molar-refractivity contribution in [2.24, 2.45) is 0 Å². The van der Waals surface area contributed by atoms with Gasteiger partial charge in [-0.25, -0.2) is 39.4 Å². The Morgan fingerprint density at radius 1 is 0.708 bits per heavy atom. The molecule has 0 aliphatic heterocycles. The van der Waals surface area contributed by atoms with E-state index in [1.807, 2.05) is 13.8 Å². The zero-order valence-corrected chi connectivity index (χ0v) is 29.1. The fourth-order valence-electron chi connectivity index (χ4n) is 3.53. The van der Waals surface area contributed by atoms with Crippen LogP contribution in [0.15, 0.2) is 34.1 Å². The van der Waals surface area contributed by atoms with Gasteiger partial charge >= 0.3 is 24.1 Å². The minimum absolute atomic E-state index is 0.114. The van der Waals surface area contributed by atoms with Gasteiger partial charge in [0, 0.05) is 24.5 Å². The molecule has 0 aliphatic carbocycles. The molecule has 0 saturated carbocycles. The van der Waals surface area contributed by atoms with Crippen LogP contribution in [0.3, 0.4) is 0 Å². The van der Waals surface area contributed by atoms with Crippen LogP contribution < -0.4 is 31.2 Å². The van der Waals surface area contributed by atoms with Gasteiger partial charge in [-0.05, 0) is 61.3 Å². The van der Waals surface area contributed by atoms with Gasteiger partial charge in [-0.15, -0.1) is 0 Å². The van der Waals surface area contributed by atoms with Gasteiger partial charge in [-0.2, -0.15) is 0 Å². The van der Waals surface area contributed by atoms with E-state index < -0.39 is 51.9 Å². The molecule has 0 aromatic carbocycles.